The Morgan fingerprint density at radius 1 is 1.30 bits per heavy atom. The summed E-state index contributed by atoms with van der Waals surface area (Å²) in [5.41, 5.74) is 0.863. The molecule has 1 aromatic carbocycles. The number of sulfonamides is 1. The van der Waals surface area contributed by atoms with Crippen LogP contribution in [0.3, 0.4) is 0 Å². The van der Waals surface area contributed by atoms with Gasteiger partial charge in [0.2, 0.25) is 22.7 Å². The molecule has 0 radical (unpaired) electrons. The van der Waals surface area contributed by atoms with Gasteiger partial charge in [-0.2, -0.15) is 4.31 Å². The van der Waals surface area contributed by atoms with E-state index in [1.807, 2.05) is 13.0 Å². The van der Waals surface area contributed by atoms with Crippen molar-refractivity contribution in [2.75, 3.05) is 26.1 Å². The molecular formula is C15H22N2O5S. The monoisotopic (exact) mass is 342 g/mol. The van der Waals surface area contributed by atoms with E-state index in [9.17, 15) is 13.2 Å². The minimum Gasteiger partial charge on any atom is -0.454 e. The number of nitrogens with one attached hydrogen (secondary N) is 1. The molecule has 1 amide bonds. The number of hydrogen-bond acceptors (Lipinski definition) is 5. The zero-order valence-electron chi connectivity index (χ0n) is 13.4. The molecule has 1 aromatic rings. The number of amides is 1. The zero-order valence-corrected chi connectivity index (χ0v) is 14.2. The van der Waals surface area contributed by atoms with Crippen molar-refractivity contribution in [3.8, 4) is 11.5 Å². The second-order valence-corrected chi connectivity index (χ2v) is 7.40. The van der Waals surface area contributed by atoms with E-state index < -0.39 is 10.0 Å². The van der Waals surface area contributed by atoms with Gasteiger partial charge in [-0.25, -0.2) is 8.42 Å². The first-order valence-electron chi connectivity index (χ1n) is 7.50. The first-order chi connectivity index (χ1) is 10.9. The van der Waals surface area contributed by atoms with Crippen LogP contribution in [0.2, 0.25) is 0 Å². The van der Waals surface area contributed by atoms with Crippen LogP contribution < -0.4 is 14.8 Å². The van der Waals surface area contributed by atoms with E-state index in [0.29, 0.717) is 24.6 Å². The molecule has 2 rings (SSSR count). The summed E-state index contributed by atoms with van der Waals surface area (Å²) >= 11 is 0. The van der Waals surface area contributed by atoms with E-state index in [1.165, 1.54) is 4.31 Å². The first kappa shape index (κ1) is 17.6. The van der Waals surface area contributed by atoms with Crippen LogP contribution >= 0.6 is 0 Å². The third-order valence-electron chi connectivity index (χ3n) is 3.48. The summed E-state index contributed by atoms with van der Waals surface area (Å²) in [5, 5.41) is 2.73. The van der Waals surface area contributed by atoms with Crippen molar-refractivity contribution in [2.24, 2.45) is 0 Å². The fraction of sp³-hybridized carbons (Fsp3) is 0.533. The van der Waals surface area contributed by atoms with Crippen LogP contribution in [0.1, 0.15) is 25.3 Å². The van der Waals surface area contributed by atoms with E-state index >= 15 is 0 Å². The van der Waals surface area contributed by atoms with Crippen LogP contribution in [-0.4, -0.2) is 44.8 Å². The number of carbonyl (C=O) groups excluding carboxylic acids is 1. The quantitative estimate of drug-likeness (QED) is 0.764. The fourth-order valence-corrected chi connectivity index (χ4v) is 2.98. The minimum absolute atomic E-state index is 0.163. The summed E-state index contributed by atoms with van der Waals surface area (Å²) in [6, 6.07) is 5.42. The van der Waals surface area contributed by atoms with Crippen molar-refractivity contribution >= 4 is 15.9 Å². The molecule has 8 heteroatoms. The average molecular weight is 342 g/mol. The van der Waals surface area contributed by atoms with Gasteiger partial charge in [0.15, 0.2) is 11.5 Å². The van der Waals surface area contributed by atoms with Crippen molar-refractivity contribution in [1.29, 1.82) is 0 Å². The summed E-state index contributed by atoms with van der Waals surface area (Å²) in [6.45, 7) is 2.67. The van der Waals surface area contributed by atoms with E-state index in [-0.39, 0.29) is 19.2 Å². The van der Waals surface area contributed by atoms with E-state index in [0.717, 1.165) is 24.7 Å². The van der Waals surface area contributed by atoms with Crippen LogP contribution in [0.5, 0.6) is 11.5 Å². The second kappa shape index (κ2) is 7.65. The smallest absolute Gasteiger partial charge is 0.235 e. The Morgan fingerprint density at radius 2 is 2.04 bits per heavy atom. The maximum absolute atomic E-state index is 12.0. The summed E-state index contributed by atoms with van der Waals surface area (Å²) in [7, 11) is -3.39. The third-order valence-corrected chi connectivity index (χ3v) is 4.73. The van der Waals surface area contributed by atoms with Crippen molar-refractivity contribution < 1.29 is 22.7 Å². The van der Waals surface area contributed by atoms with Crippen LogP contribution in [0.15, 0.2) is 18.2 Å². The normalized spacial score (nSPS) is 13.3. The number of unbranched alkanes of at least 4 members (excludes halogenated alkanes) is 1. The summed E-state index contributed by atoms with van der Waals surface area (Å²) in [4.78, 5) is 12.0. The molecule has 0 saturated heterocycles. The van der Waals surface area contributed by atoms with Gasteiger partial charge >= 0.3 is 0 Å². The lowest BCUT2D eigenvalue weighted by molar-refractivity contribution is -0.121. The van der Waals surface area contributed by atoms with E-state index in [2.05, 4.69) is 5.32 Å². The number of ether oxygens (including phenoxy) is 2. The summed E-state index contributed by atoms with van der Waals surface area (Å²) in [6.07, 6.45) is 2.71. The zero-order chi connectivity index (χ0) is 16.9. The fourth-order valence-electron chi connectivity index (χ4n) is 2.16. The molecular weight excluding hydrogens is 320 g/mol. The molecule has 0 saturated carbocycles. The molecule has 128 valence electrons. The van der Waals surface area contributed by atoms with Crippen molar-refractivity contribution in [3.63, 3.8) is 0 Å². The molecule has 1 aliphatic rings. The molecule has 7 nitrogen and oxygen atoms in total. The third kappa shape index (κ3) is 5.11. The van der Waals surface area contributed by atoms with Crippen molar-refractivity contribution in [3.05, 3.63) is 23.8 Å². The first-order valence-corrected chi connectivity index (χ1v) is 9.35. The molecule has 0 fully saturated rings. The Kier molecular flexibility index (Phi) is 5.84. The lowest BCUT2D eigenvalue weighted by atomic mass is 10.2. The number of carbonyl (C=O) groups is 1. The molecule has 0 unspecified atom stereocenters. The summed E-state index contributed by atoms with van der Waals surface area (Å²) < 4.78 is 35.1. The van der Waals surface area contributed by atoms with Gasteiger partial charge in [-0.1, -0.05) is 19.4 Å². The topological polar surface area (TPSA) is 84.9 Å². The van der Waals surface area contributed by atoms with Crippen LogP contribution in [0, 0.1) is 0 Å². The molecule has 0 bridgehead atoms. The van der Waals surface area contributed by atoms with E-state index in [4.69, 9.17) is 9.47 Å². The molecule has 0 aromatic heterocycles. The van der Waals surface area contributed by atoms with Gasteiger partial charge in [0.1, 0.15) is 0 Å². The molecule has 1 N–H and O–H groups in total. The predicted molar refractivity (Wildman–Crippen MR) is 85.7 cm³/mol. The number of nitrogens with zero attached hydrogens (tertiary/aromatic N) is 1. The molecule has 23 heavy (non-hydrogen) atoms. The number of rotatable bonds is 8. The lowest BCUT2D eigenvalue weighted by Crippen LogP contribution is -2.40. The van der Waals surface area contributed by atoms with Crippen molar-refractivity contribution in [1.82, 2.24) is 9.62 Å². The minimum atomic E-state index is -3.39. The Balaban J connectivity index is 1.88. The maximum atomic E-state index is 12.0. The Morgan fingerprint density at radius 3 is 2.74 bits per heavy atom. The van der Waals surface area contributed by atoms with Gasteiger partial charge in [-0.15, -0.1) is 0 Å². The number of hydrogen-bond donors (Lipinski definition) is 1. The van der Waals surface area contributed by atoms with E-state index in [1.54, 1.807) is 12.1 Å². The van der Waals surface area contributed by atoms with Gasteiger partial charge in [-0.05, 0) is 24.1 Å². The Hall–Kier alpha value is -1.80. The summed E-state index contributed by atoms with van der Waals surface area (Å²) in [5.74, 6) is 1.00. The number of benzene rings is 1. The van der Waals surface area contributed by atoms with Gasteiger partial charge in [0, 0.05) is 13.1 Å². The average Bonchev–Trinajstić information content (AvgIpc) is 2.95. The highest BCUT2D eigenvalue weighted by Crippen LogP contribution is 2.32. The molecule has 0 spiro atoms. The molecule has 0 atom stereocenters. The van der Waals surface area contributed by atoms with Gasteiger partial charge < -0.3 is 14.8 Å². The largest absolute Gasteiger partial charge is 0.454 e. The van der Waals surface area contributed by atoms with Crippen LogP contribution in [-0.2, 0) is 21.4 Å². The maximum Gasteiger partial charge on any atom is 0.235 e. The lowest BCUT2D eigenvalue weighted by Gasteiger charge is -2.19. The van der Waals surface area contributed by atoms with Gasteiger partial charge in [0.05, 0.1) is 12.8 Å². The Bertz CT molecular complexity index is 660. The highest BCUT2D eigenvalue weighted by molar-refractivity contribution is 7.88. The predicted octanol–water partition coefficient (Wildman–Crippen LogP) is 1.09. The van der Waals surface area contributed by atoms with Crippen LogP contribution in [0.4, 0.5) is 0 Å². The van der Waals surface area contributed by atoms with Gasteiger partial charge in [-0.3, -0.25) is 4.79 Å². The highest BCUT2D eigenvalue weighted by Gasteiger charge is 2.19. The molecule has 0 aliphatic carbocycles. The highest BCUT2D eigenvalue weighted by atomic mass is 32.2. The standard InChI is InChI=1S/C15H22N2O5S/c1-3-4-7-17(23(2,19)20)10-15(18)16-9-12-5-6-13-14(8-12)22-11-21-13/h5-6,8H,3-4,7,9-11H2,1-2H3,(H,16,18). The second-order valence-electron chi connectivity index (χ2n) is 5.41. The molecule has 1 heterocycles. The van der Waals surface area contributed by atoms with Crippen molar-refractivity contribution in [2.45, 2.75) is 26.3 Å². The van der Waals surface area contributed by atoms with Gasteiger partial charge in [0.25, 0.3) is 0 Å². The molecule has 1 aliphatic heterocycles. The SMILES string of the molecule is CCCCN(CC(=O)NCc1ccc2c(c1)OCO2)S(C)(=O)=O. The van der Waals surface area contributed by atoms with Crippen LogP contribution in [0.25, 0.3) is 0 Å². The Labute approximate surface area is 136 Å². The number of fused-ring (bicyclic) bond motifs is 1.